The molecular weight excluding hydrogens is 322 g/mol. The van der Waals surface area contributed by atoms with Crippen LogP contribution < -0.4 is 10.0 Å². The number of aliphatic carboxylic acids is 1. The van der Waals surface area contributed by atoms with E-state index in [-0.39, 0.29) is 30.6 Å². The smallest absolute Gasteiger partial charge is 0.329 e. The van der Waals surface area contributed by atoms with Gasteiger partial charge in [-0.25, -0.2) is 18.2 Å². The molecule has 1 heterocycles. The average Bonchev–Trinajstić information content (AvgIpc) is 2.73. The Bertz CT molecular complexity index is 598. The van der Waals surface area contributed by atoms with Crippen molar-refractivity contribution in [2.24, 2.45) is 0 Å². The van der Waals surface area contributed by atoms with Gasteiger partial charge in [0.1, 0.15) is 6.61 Å². The molecule has 1 rings (SSSR count). The number of nitrogens with one attached hydrogen (secondary N) is 2. The molecule has 1 aromatic rings. The number of aromatic nitrogens is 1. The van der Waals surface area contributed by atoms with Crippen LogP contribution >= 0.6 is 11.3 Å². The first-order chi connectivity index (χ1) is 9.76. The number of hydrogen-bond acceptors (Lipinski definition) is 7. The predicted octanol–water partition coefficient (Wildman–Crippen LogP) is -0.725. The van der Waals surface area contributed by atoms with Crippen LogP contribution in [-0.2, 0) is 30.8 Å². The van der Waals surface area contributed by atoms with Gasteiger partial charge in [-0.2, -0.15) is 0 Å². The van der Waals surface area contributed by atoms with E-state index in [4.69, 9.17) is 9.84 Å². The molecule has 9 nitrogen and oxygen atoms in total. The summed E-state index contributed by atoms with van der Waals surface area (Å²) in [7, 11) is -3.39. The highest BCUT2D eigenvalue weighted by molar-refractivity contribution is 7.92. The molecule has 11 heteroatoms. The van der Waals surface area contributed by atoms with E-state index in [0.717, 1.165) is 17.6 Å². The number of carbonyl (C=O) groups excluding carboxylic acids is 1. The third kappa shape index (κ3) is 8.22. The molecule has 0 saturated carbocycles. The van der Waals surface area contributed by atoms with E-state index in [1.165, 1.54) is 0 Å². The molecule has 0 atom stereocenters. The molecule has 1 amide bonds. The number of anilines is 1. The van der Waals surface area contributed by atoms with Crippen molar-refractivity contribution >= 4 is 38.4 Å². The van der Waals surface area contributed by atoms with E-state index >= 15 is 0 Å². The van der Waals surface area contributed by atoms with Crippen molar-refractivity contribution in [1.82, 2.24) is 10.3 Å². The Morgan fingerprint density at radius 2 is 2.19 bits per heavy atom. The number of carboxylic acid groups (broad SMARTS) is 1. The van der Waals surface area contributed by atoms with E-state index in [9.17, 15) is 18.0 Å². The maximum atomic E-state index is 11.5. The maximum absolute atomic E-state index is 11.5. The Kier molecular flexibility index (Phi) is 6.52. The quantitative estimate of drug-likeness (QED) is 0.506. The first-order valence-corrected chi connectivity index (χ1v) is 8.52. The van der Waals surface area contributed by atoms with E-state index in [1.807, 2.05) is 0 Å². The highest BCUT2D eigenvalue weighted by Gasteiger charge is 2.10. The molecular formula is C10H15N3O6S2. The maximum Gasteiger partial charge on any atom is 0.329 e. The van der Waals surface area contributed by atoms with E-state index in [2.05, 4.69) is 15.0 Å². The van der Waals surface area contributed by atoms with Gasteiger partial charge < -0.3 is 15.2 Å². The number of thiazole rings is 1. The molecule has 0 bridgehead atoms. The summed E-state index contributed by atoms with van der Waals surface area (Å²) in [6.45, 7) is -0.136. The zero-order valence-corrected chi connectivity index (χ0v) is 12.8. The summed E-state index contributed by atoms with van der Waals surface area (Å²) in [5.41, 5.74) is 0.440. The van der Waals surface area contributed by atoms with Gasteiger partial charge in [-0.3, -0.25) is 9.52 Å². The van der Waals surface area contributed by atoms with Crippen LogP contribution in [0.4, 0.5) is 5.13 Å². The van der Waals surface area contributed by atoms with Crippen molar-refractivity contribution in [2.45, 2.75) is 6.42 Å². The van der Waals surface area contributed by atoms with Crippen molar-refractivity contribution < 1.29 is 27.9 Å². The summed E-state index contributed by atoms with van der Waals surface area (Å²) in [6, 6.07) is 0. The van der Waals surface area contributed by atoms with Gasteiger partial charge in [0.2, 0.25) is 15.9 Å². The molecule has 118 valence electrons. The Labute approximate surface area is 125 Å². The highest BCUT2D eigenvalue weighted by Crippen LogP contribution is 2.16. The summed E-state index contributed by atoms with van der Waals surface area (Å²) in [5.74, 6) is -1.39. The fourth-order valence-corrected chi connectivity index (χ4v) is 2.81. The second-order valence-electron chi connectivity index (χ2n) is 3.99. The molecule has 1 aromatic heterocycles. The monoisotopic (exact) mass is 337 g/mol. The van der Waals surface area contributed by atoms with Crippen LogP contribution in [0, 0.1) is 0 Å². The second-order valence-corrected chi connectivity index (χ2v) is 6.60. The van der Waals surface area contributed by atoms with Crippen LogP contribution in [-0.4, -0.2) is 56.4 Å². The summed E-state index contributed by atoms with van der Waals surface area (Å²) < 4.78 is 29.0. The van der Waals surface area contributed by atoms with Crippen LogP contribution in [0.2, 0.25) is 0 Å². The number of carboxylic acids is 1. The largest absolute Gasteiger partial charge is 0.480 e. The van der Waals surface area contributed by atoms with Crippen LogP contribution in [0.15, 0.2) is 5.38 Å². The molecule has 0 unspecified atom stereocenters. The first-order valence-electron chi connectivity index (χ1n) is 5.74. The summed E-state index contributed by atoms with van der Waals surface area (Å²) in [5, 5.41) is 12.6. The van der Waals surface area contributed by atoms with E-state index in [1.54, 1.807) is 5.38 Å². The van der Waals surface area contributed by atoms with E-state index in [0.29, 0.717) is 5.69 Å². The van der Waals surface area contributed by atoms with Gasteiger partial charge in [0.15, 0.2) is 5.13 Å². The minimum atomic E-state index is -3.39. The SMILES string of the molecule is CS(=O)(=O)Nc1nc(CC(=O)NCCOCC(=O)O)cs1. The molecule has 0 radical (unpaired) electrons. The third-order valence-electron chi connectivity index (χ3n) is 1.96. The minimum absolute atomic E-state index is 0.000866. The van der Waals surface area contributed by atoms with Crippen molar-refractivity contribution in [3.8, 4) is 0 Å². The molecule has 21 heavy (non-hydrogen) atoms. The Hall–Kier alpha value is -1.72. The molecule has 0 aliphatic heterocycles. The molecule has 0 aliphatic carbocycles. The fraction of sp³-hybridized carbons (Fsp3) is 0.500. The van der Waals surface area contributed by atoms with Crippen LogP contribution in [0.1, 0.15) is 5.69 Å². The number of hydrogen-bond donors (Lipinski definition) is 3. The van der Waals surface area contributed by atoms with Gasteiger partial charge in [-0.05, 0) is 0 Å². The molecule has 3 N–H and O–H groups in total. The Balaban J connectivity index is 2.30. The van der Waals surface area contributed by atoms with Gasteiger partial charge in [0, 0.05) is 11.9 Å². The van der Waals surface area contributed by atoms with Gasteiger partial charge in [-0.15, -0.1) is 11.3 Å². The number of ether oxygens (including phenoxy) is 1. The first kappa shape index (κ1) is 17.3. The molecule has 0 aromatic carbocycles. The van der Waals surface area contributed by atoms with Gasteiger partial charge in [0.25, 0.3) is 0 Å². The third-order valence-corrected chi connectivity index (χ3v) is 3.46. The number of nitrogens with zero attached hydrogens (tertiary/aromatic N) is 1. The summed E-state index contributed by atoms with van der Waals surface area (Å²) in [6.07, 6.45) is 1.01. The zero-order chi connectivity index (χ0) is 15.9. The number of carbonyl (C=O) groups is 2. The average molecular weight is 337 g/mol. The minimum Gasteiger partial charge on any atom is -0.480 e. The fourth-order valence-electron chi connectivity index (χ4n) is 1.24. The number of sulfonamides is 1. The standard InChI is InChI=1S/C10H15N3O6S2/c1-21(17,18)13-10-12-7(6-20-10)4-8(14)11-2-3-19-5-9(15)16/h6H,2-5H2,1H3,(H,11,14)(H,12,13)(H,15,16). The topological polar surface area (TPSA) is 135 Å². The zero-order valence-electron chi connectivity index (χ0n) is 11.2. The van der Waals surface area contributed by atoms with Crippen LogP contribution in [0.25, 0.3) is 0 Å². The second kappa shape index (κ2) is 7.90. The molecule has 0 spiro atoms. The molecule has 0 fully saturated rings. The Morgan fingerprint density at radius 1 is 1.48 bits per heavy atom. The van der Waals surface area contributed by atoms with Crippen LogP contribution in [0.3, 0.4) is 0 Å². The predicted molar refractivity (Wildman–Crippen MR) is 75.7 cm³/mol. The van der Waals surface area contributed by atoms with Crippen molar-refractivity contribution in [3.63, 3.8) is 0 Å². The van der Waals surface area contributed by atoms with Crippen LogP contribution in [0.5, 0.6) is 0 Å². The number of amides is 1. The van der Waals surface area contributed by atoms with Crippen molar-refractivity contribution in [2.75, 3.05) is 30.7 Å². The summed E-state index contributed by atoms with van der Waals surface area (Å²) >= 11 is 1.08. The lowest BCUT2D eigenvalue weighted by atomic mass is 10.3. The Morgan fingerprint density at radius 3 is 2.81 bits per heavy atom. The highest BCUT2D eigenvalue weighted by atomic mass is 32.2. The lowest BCUT2D eigenvalue weighted by Crippen LogP contribution is -2.29. The van der Waals surface area contributed by atoms with Crippen molar-refractivity contribution in [1.29, 1.82) is 0 Å². The summed E-state index contributed by atoms with van der Waals surface area (Å²) in [4.78, 5) is 25.7. The van der Waals surface area contributed by atoms with Gasteiger partial charge in [-0.1, -0.05) is 0 Å². The lowest BCUT2D eigenvalue weighted by Gasteiger charge is -2.04. The number of rotatable bonds is 9. The molecule has 0 saturated heterocycles. The van der Waals surface area contributed by atoms with Gasteiger partial charge >= 0.3 is 5.97 Å². The normalized spacial score (nSPS) is 11.1. The van der Waals surface area contributed by atoms with Crippen molar-refractivity contribution in [3.05, 3.63) is 11.1 Å². The molecule has 0 aliphatic rings. The lowest BCUT2D eigenvalue weighted by molar-refractivity contribution is -0.142. The van der Waals surface area contributed by atoms with Gasteiger partial charge in [0.05, 0.1) is 25.0 Å². The van der Waals surface area contributed by atoms with E-state index < -0.39 is 22.6 Å².